The van der Waals surface area contributed by atoms with Gasteiger partial charge in [-0.25, -0.2) is 0 Å². The second-order valence-corrected chi connectivity index (χ2v) is 6.46. The summed E-state index contributed by atoms with van der Waals surface area (Å²) in [5.41, 5.74) is 2.12. The Hall–Kier alpha value is -1.35. The van der Waals surface area contributed by atoms with Crippen LogP contribution in [0.5, 0.6) is 0 Å². The molecule has 0 heterocycles. The summed E-state index contributed by atoms with van der Waals surface area (Å²) in [5.74, 6) is 0.0232. The zero-order valence-corrected chi connectivity index (χ0v) is 14.2. The molecule has 0 aliphatic rings. The summed E-state index contributed by atoms with van der Waals surface area (Å²) < 4.78 is 0. The van der Waals surface area contributed by atoms with Gasteiger partial charge in [-0.15, -0.1) is 0 Å². The van der Waals surface area contributed by atoms with Crippen LogP contribution in [0.2, 0.25) is 0 Å². The molecule has 0 saturated carbocycles. The Morgan fingerprint density at radius 3 is 2.14 bits per heavy atom. The van der Waals surface area contributed by atoms with Crippen LogP contribution in [0, 0.1) is 0 Å². The minimum absolute atomic E-state index is 0.0232. The standard InChI is InChI=1S/C18H30N2O/c1-6-20(7-2)14-8-13-19-17(21)15-9-11-16(12-10-15)18(3,4)5/h9-12H,6-8,13-14H2,1-5H3,(H,19,21). The quantitative estimate of drug-likeness (QED) is 0.780. The highest BCUT2D eigenvalue weighted by Gasteiger charge is 2.14. The van der Waals surface area contributed by atoms with Gasteiger partial charge in [0.05, 0.1) is 0 Å². The molecule has 3 nitrogen and oxygen atoms in total. The van der Waals surface area contributed by atoms with Gasteiger partial charge in [-0.2, -0.15) is 0 Å². The molecule has 0 radical (unpaired) electrons. The fourth-order valence-electron chi connectivity index (χ4n) is 2.27. The maximum Gasteiger partial charge on any atom is 0.251 e. The van der Waals surface area contributed by atoms with Crippen LogP contribution in [0.4, 0.5) is 0 Å². The largest absolute Gasteiger partial charge is 0.352 e. The number of amides is 1. The van der Waals surface area contributed by atoms with Crippen molar-refractivity contribution < 1.29 is 4.79 Å². The smallest absolute Gasteiger partial charge is 0.251 e. The van der Waals surface area contributed by atoms with Gasteiger partial charge >= 0.3 is 0 Å². The van der Waals surface area contributed by atoms with E-state index in [9.17, 15) is 4.79 Å². The number of nitrogens with one attached hydrogen (secondary N) is 1. The zero-order valence-electron chi connectivity index (χ0n) is 14.2. The molecule has 1 aromatic rings. The molecule has 0 aliphatic carbocycles. The van der Waals surface area contributed by atoms with Gasteiger partial charge in [-0.05, 0) is 49.2 Å². The number of hydrogen-bond donors (Lipinski definition) is 1. The van der Waals surface area contributed by atoms with Crippen LogP contribution < -0.4 is 5.32 Å². The molecule has 0 unspecified atom stereocenters. The molecule has 0 spiro atoms. The van der Waals surface area contributed by atoms with Crippen molar-refractivity contribution in [3.63, 3.8) is 0 Å². The van der Waals surface area contributed by atoms with Crippen molar-refractivity contribution in [2.24, 2.45) is 0 Å². The first-order chi connectivity index (χ1) is 9.88. The fourth-order valence-corrected chi connectivity index (χ4v) is 2.27. The van der Waals surface area contributed by atoms with Gasteiger partial charge in [-0.1, -0.05) is 46.8 Å². The van der Waals surface area contributed by atoms with E-state index < -0.39 is 0 Å². The first-order valence-corrected chi connectivity index (χ1v) is 7.99. The third-order valence-electron chi connectivity index (χ3n) is 3.84. The third-order valence-corrected chi connectivity index (χ3v) is 3.84. The Balaban J connectivity index is 2.42. The number of carbonyl (C=O) groups excluding carboxylic acids is 1. The molecule has 0 aromatic heterocycles. The van der Waals surface area contributed by atoms with Crippen LogP contribution >= 0.6 is 0 Å². The van der Waals surface area contributed by atoms with E-state index in [-0.39, 0.29) is 11.3 Å². The maximum absolute atomic E-state index is 12.1. The zero-order chi connectivity index (χ0) is 15.9. The van der Waals surface area contributed by atoms with Gasteiger partial charge in [0.1, 0.15) is 0 Å². The van der Waals surface area contributed by atoms with E-state index in [2.05, 4.69) is 44.8 Å². The Kier molecular flexibility index (Phi) is 6.90. The van der Waals surface area contributed by atoms with Crippen molar-refractivity contribution in [2.75, 3.05) is 26.2 Å². The molecule has 0 bridgehead atoms. The monoisotopic (exact) mass is 290 g/mol. The van der Waals surface area contributed by atoms with Gasteiger partial charge in [0.15, 0.2) is 0 Å². The second-order valence-electron chi connectivity index (χ2n) is 6.46. The molecule has 0 aliphatic heterocycles. The Labute approximate surface area is 129 Å². The lowest BCUT2D eigenvalue weighted by Crippen LogP contribution is -2.29. The fraction of sp³-hybridized carbons (Fsp3) is 0.611. The van der Waals surface area contributed by atoms with Crippen molar-refractivity contribution in [3.8, 4) is 0 Å². The molecule has 1 amide bonds. The predicted octanol–water partition coefficient (Wildman–Crippen LogP) is 3.45. The van der Waals surface area contributed by atoms with Crippen LogP contribution in [-0.2, 0) is 5.41 Å². The average Bonchev–Trinajstić information content (AvgIpc) is 2.46. The highest BCUT2D eigenvalue weighted by atomic mass is 16.1. The first kappa shape index (κ1) is 17.7. The summed E-state index contributed by atoms with van der Waals surface area (Å²) in [6.07, 6.45) is 0.994. The van der Waals surface area contributed by atoms with Crippen molar-refractivity contribution in [1.82, 2.24) is 10.2 Å². The molecule has 0 saturated heterocycles. The van der Waals surface area contributed by atoms with Gasteiger partial charge in [0, 0.05) is 12.1 Å². The molecular weight excluding hydrogens is 260 g/mol. The Morgan fingerprint density at radius 2 is 1.67 bits per heavy atom. The third kappa shape index (κ3) is 5.88. The Bertz CT molecular complexity index is 428. The van der Waals surface area contributed by atoms with E-state index in [0.717, 1.165) is 38.2 Å². The molecule has 0 fully saturated rings. The van der Waals surface area contributed by atoms with E-state index in [1.165, 1.54) is 5.56 Å². The minimum atomic E-state index is 0.0232. The Morgan fingerprint density at radius 1 is 1.10 bits per heavy atom. The number of nitrogens with zero attached hydrogens (tertiary/aromatic N) is 1. The van der Waals surface area contributed by atoms with Crippen molar-refractivity contribution in [3.05, 3.63) is 35.4 Å². The summed E-state index contributed by atoms with van der Waals surface area (Å²) in [7, 11) is 0. The maximum atomic E-state index is 12.1. The average molecular weight is 290 g/mol. The number of carbonyl (C=O) groups is 1. The van der Waals surface area contributed by atoms with Crippen LogP contribution in [-0.4, -0.2) is 37.0 Å². The van der Waals surface area contributed by atoms with E-state index in [4.69, 9.17) is 0 Å². The molecule has 118 valence electrons. The summed E-state index contributed by atoms with van der Waals surface area (Å²) in [5, 5.41) is 3.00. The van der Waals surface area contributed by atoms with Gasteiger partial charge in [0.25, 0.3) is 5.91 Å². The topological polar surface area (TPSA) is 32.3 Å². The van der Waals surface area contributed by atoms with Crippen LogP contribution in [0.25, 0.3) is 0 Å². The molecule has 0 atom stereocenters. The molecule has 1 aromatic carbocycles. The number of benzene rings is 1. The minimum Gasteiger partial charge on any atom is -0.352 e. The van der Waals surface area contributed by atoms with Gasteiger partial charge in [-0.3, -0.25) is 4.79 Å². The lowest BCUT2D eigenvalue weighted by molar-refractivity contribution is 0.0952. The van der Waals surface area contributed by atoms with Crippen LogP contribution in [0.3, 0.4) is 0 Å². The lowest BCUT2D eigenvalue weighted by atomic mass is 9.87. The van der Waals surface area contributed by atoms with Gasteiger partial charge < -0.3 is 10.2 Å². The van der Waals surface area contributed by atoms with Crippen LogP contribution in [0.1, 0.15) is 57.0 Å². The van der Waals surface area contributed by atoms with E-state index in [1.54, 1.807) is 0 Å². The van der Waals surface area contributed by atoms with E-state index >= 15 is 0 Å². The summed E-state index contributed by atoms with van der Waals surface area (Å²) in [6.45, 7) is 14.8. The summed E-state index contributed by atoms with van der Waals surface area (Å²) >= 11 is 0. The molecular formula is C18H30N2O. The van der Waals surface area contributed by atoms with Crippen LogP contribution in [0.15, 0.2) is 24.3 Å². The van der Waals surface area contributed by atoms with Crippen molar-refractivity contribution in [1.29, 1.82) is 0 Å². The van der Waals surface area contributed by atoms with Gasteiger partial charge in [0.2, 0.25) is 0 Å². The molecule has 1 N–H and O–H groups in total. The lowest BCUT2D eigenvalue weighted by Gasteiger charge is -2.19. The predicted molar refractivity (Wildman–Crippen MR) is 89.9 cm³/mol. The van der Waals surface area contributed by atoms with Crippen molar-refractivity contribution in [2.45, 2.75) is 46.5 Å². The SMILES string of the molecule is CCN(CC)CCCNC(=O)c1ccc(C(C)(C)C)cc1. The van der Waals surface area contributed by atoms with E-state index in [1.807, 2.05) is 24.3 Å². The molecule has 1 rings (SSSR count). The summed E-state index contributed by atoms with van der Waals surface area (Å²) in [4.78, 5) is 14.4. The first-order valence-electron chi connectivity index (χ1n) is 7.99. The van der Waals surface area contributed by atoms with E-state index in [0.29, 0.717) is 0 Å². The highest BCUT2D eigenvalue weighted by Crippen LogP contribution is 2.22. The second kappa shape index (κ2) is 8.18. The summed E-state index contributed by atoms with van der Waals surface area (Å²) in [6, 6.07) is 7.93. The molecule has 21 heavy (non-hydrogen) atoms. The highest BCUT2D eigenvalue weighted by molar-refractivity contribution is 5.94. The molecule has 3 heteroatoms. The number of rotatable bonds is 7. The van der Waals surface area contributed by atoms with Crippen molar-refractivity contribution >= 4 is 5.91 Å². The normalized spacial score (nSPS) is 11.7. The number of hydrogen-bond acceptors (Lipinski definition) is 2.